The molecule has 25 heavy (non-hydrogen) atoms. The van der Waals surface area contributed by atoms with Crippen LogP contribution >= 0.6 is 11.6 Å². The predicted octanol–water partition coefficient (Wildman–Crippen LogP) is 3.71. The maximum absolute atomic E-state index is 12.7. The predicted molar refractivity (Wildman–Crippen MR) is 92.4 cm³/mol. The number of amides is 1. The van der Waals surface area contributed by atoms with E-state index in [9.17, 15) is 9.59 Å². The molecule has 0 radical (unpaired) electrons. The van der Waals surface area contributed by atoms with Gasteiger partial charge in [-0.3, -0.25) is 9.59 Å². The lowest BCUT2D eigenvalue weighted by molar-refractivity contribution is -0.137. The van der Waals surface area contributed by atoms with Crippen molar-refractivity contribution in [1.82, 2.24) is 10.1 Å². The summed E-state index contributed by atoms with van der Waals surface area (Å²) in [4.78, 5) is 25.1. The third-order valence-corrected chi connectivity index (χ3v) is 4.77. The van der Waals surface area contributed by atoms with E-state index < -0.39 is 5.97 Å². The van der Waals surface area contributed by atoms with Gasteiger partial charge in [0.05, 0.1) is 5.02 Å². The van der Waals surface area contributed by atoms with Gasteiger partial charge < -0.3 is 14.5 Å². The fourth-order valence-corrected chi connectivity index (χ4v) is 3.37. The molecule has 1 saturated heterocycles. The van der Waals surface area contributed by atoms with E-state index in [0.29, 0.717) is 35.9 Å². The van der Waals surface area contributed by atoms with E-state index in [0.717, 1.165) is 12.8 Å². The average Bonchev–Trinajstić information content (AvgIpc) is 3.10. The summed E-state index contributed by atoms with van der Waals surface area (Å²) < 4.78 is 5.29. The van der Waals surface area contributed by atoms with Crippen LogP contribution in [0.15, 0.2) is 34.9 Å². The second kappa shape index (κ2) is 7.70. The molecule has 1 atom stereocenters. The molecule has 1 fully saturated rings. The Balaban J connectivity index is 1.69. The number of halogens is 1. The van der Waals surface area contributed by atoms with Crippen molar-refractivity contribution in [2.24, 2.45) is 5.92 Å². The molecule has 1 aliphatic rings. The number of hydrogen-bond donors (Lipinski definition) is 1. The van der Waals surface area contributed by atoms with Gasteiger partial charge in [-0.05, 0) is 37.3 Å². The maximum Gasteiger partial charge on any atom is 0.303 e. The van der Waals surface area contributed by atoms with E-state index in [-0.39, 0.29) is 23.9 Å². The Hall–Kier alpha value is -2.34. The number of carboxylic acid groups (broad SMARTS) is 1. The summed E-state index contributed by atoms with van der Waals surface area (Å²) in [6, 6.07) is 8.81. The highest BCUT2D eigenvalue weighted by atomic mass is 35.5. The Morgan fingerprint density at radius 1 is 1.36 bits per heavy atom. The summed E-state index contributed by atoms with van der Waals surface area (Å²) in [6.07, 6.45) is 2.53. The fourth-order valence-electron chi connectivity index (χ4n) is 3.14. The number of benzene rings is 1. The van der Waals surface area contributed by atoms with Gasteiger partial charge in [0.15, 0.2) is 11.5 Å². The largest absolute Gasteiger partial charge is 0.481 e. The van der Waals surface area contributed by atoms with Crippen LogP contribution in [0.4, 0.5) is 0 Å². The van der Waals surface area contributed by atoms with Crippen LogP contribution in [0.5, 0.6) is 0 Å². The third-order valence-electron chi connectivity index (χ3n) is 4.44. The first-order chi connectivity index (χ1) is 12.0. The summed E-state index contributed by atoms with van der Waals surface area (Å²) in [6.45, 7) is 1.21. The first kappa shape index (κ1) is 17.5. The Labute approximate surface area is 150 Å². The number of carbonyl (C=O) groups excluding carboxylic acids is 1. The van der Waals surface area contributed by atoms with Crippen LogP contribution in [0.2, 0.25) is 5.02 Å². The molecule has 2 aromatic rings. The number of rotatable bonds is 5. The van der Waals surface area contributed by atoms with Crippen LogP contribution in [-0.4, -0.2) is 40.1 Å². The van der Waals surface area contributed by atoms with Crippen molar-refractivity contribution in [3.63, 3.8) is 0 Å². The van der Waals surface area contributed by atoms with Gasteiger partial charge in [0.1, 0.15) is 0 Å². The Morgan fingerprint density at radius 2 is 2.16 bits per heavy atom. The minimum Gasteiger partial charge on any atom is -0.481 e. The highest BCUT2D eigenvalue weighted by Gasteiger charge is 2.27. The standard InChI is InChI=1S/C18H19ClN2O4/c19-14-6-2-1-5-13(14)16-10-15(20-25-16)18(24)21-9-3-4-12(11-21)7-8-17(22)23/h1-2,5-6,10,12H,3-4,7-9,11H2,(H,22,23). The van der Waals surface area contributed by atoms with Crippen LogP contribution < -0.4 is 0 Å². The first-order valence-electron chi connectivity index (χ1n) is 8.27. The van der Waals surface area contributed by atoms with Gasteiger partial charge >= 0.3 is 5.97 Å². The molecule has 0 bridgehead atoms. The topological polar surface area (TPSA) is 83.6 Å². The number of likely N-dealkylation sites (tertiary alicyclic amines) is 1. The Bertz CT molecular complexity index is 774. The van der Waals surface area contributed by atoms with E-state index in [1.807, 2.05) is 12.1 Å². The SMILES string of the molecule is O=C(O)CCC1CCCN(C(=O)c2cc(-c3ccccc3Cl)on2)C1. The normalized spacial score (nSPS) is 17.5. The molecule has 2 heterocycles. The van der Waals surface area contributed by atoms with Crippen LogP contribution in [0, 0.1) is 5.92 Å². The number of hydrogen-bond acceptors (Lipinski definition) is 4. The van der Waals surface area contributed by atoms with Gasteiger partial charge in [-0.25, -0.2) is 0 Å². The summed E-state index contributed by atoms with van der Waals surface area (Å²) in [5.74, 6) is -0.330. The van der Waals surface area contributed by atoms with Gasteiger partial charge in [0.2, 0.25) is 0 Å². The molecular weight excluding hydrogens is 344 g/mol. The molecule has 1 N–H and O–H groups in total. The quantitative estimate of drug-likeness (QED) is 0.876. The van der Waals surface area contributed by atoms with E-state index in [1.165, 1.54) is 0 Å². The average molecular weight is 363 g/mol. The molecule has 7 heteroatoms. The number of piperidine rings is 1. The summed E-state index contributed by atoms with van der Waals surface area (Å²) in [5, 5.41) is 13.2. The van der Waals surface area contributed by atoms with E-state index in [2.05, 4.69) is 5.16 Å². The van der Waals surface area contributed by atoms with Crippen LogP contribution in [0.25, 0.3) is 11.3 Å². The van der Waals surface area contributed by atoms with E-state index in [4.69, 9.17) is 21.2 Å². The van der Waals surface area contributed by atoms with Crippen molar-refractivity contribution in [2.75, 3.05) is 13.1 Å². The zero-order valence-electron chi connectivity index (χ0n) is 13.7. The molecule has 0 saturated carbocycles. The molecule has 3 rings (SSSR count). The number of carboxylic acids is 1. The number of aliphatic carboxylic acids is 1. The van der Waals surface area contributed by atoms with Gasteiger partial charge in [0.25, 0.3) is 5.91 Å². The summed E-state index contributed by atoms with van der Waals surface area (Å²) >= 11 is 6.14. The molecule has 132 valence electrons. The van der Waals surface area contributed by atoms with Crippen molar-refractivity contribution in [2.45, 2.75) is 25.7 Å². The molecule has 1 aliphatic heterocycles. The fraction of sp³-hybridized carbons (Fsp3) is 0.389. The van der Waals surface area contributed by atoms with Crippen LogP contribution in [0.1, 0.15) is 36.2 Å². The van der Waals surface area contributed by atoms with Crippen molar-refractivity contribution >= 4 is 23.5 Å². The monoisotopic (exact) mass is 362 g/mol. The second-order valence-electron chi connectivity index (χ2n) is 6.25. The van der Waals surface area contributed by atoms with Gasteiger partial charge in [0, 0.05) is 31.1 Å². The van der Waals surface area contributed by atoms with Gasteiger partial charge in [-0.2, -0.15) is 0 Å². The van der Waals surface area contributed by atoms with Crippen molar-refractivity contribution in [3.8, 4) is 11.3 Å². The lowest BCUT2D eigenvalue weighted by atomic mass is 9.93. The molecule has 6 nitrogen and oxygen atoms in total. The van der Waals surface area contributed by atoms with Gasteiger partial charge in [-0.15, -0.1) is 0 Å². The number of aromatic nitrogens is 1. The van der Waals surface area contributed by atoms with E-state index >= 15 is 0 Å². The lowest BCUT2D eigenvalue weighted by Gasteiger charge is -2.32. The van der Waals surface area contributed by atoms with Crippen molar-refractivity contribution in [1.29, 1.82) is 0 Å². The van der Waals surface area contributed by atoms with Gasteiger partial charge in [-0.1, -0.05) is 28.9 Å². The molecule has 1 unspecified atom stereocenters. The summed E-state index contributed by atoms with van der Waals surface area (Å²) in [5.41, 5.74) is 0.933. The smallest absolute Gasteiger partial charge is 0.303 e. The molecule has 1 amide bonds. The van der Waals surface area contributed by atoms with Crippen molar-refractivity contribution < 1.29 is 19.2 Å². The zero-order valence-corrected chi connectivity index (χ0v) is 14.4. The Kier molecular flexibility index (Phi) is 5.38. The highest BCUT2D eigenvalue weighted by Crippen LogP contribution is 2.29. The third kappa shape index (κ3) is 4.20. The van der Waals surface area contributed by atoms with Crippen LogP contribution in [-0.2, 0) is 4.79 Å². The number of carbonyl (C=O) groups is 2. The minimum atomic E-state index is -0.802. The lowest BCUT2D eigenvalue weighted by Crippen LogP contribution is -2.40. The van der Waals surface area contributed by atoms with Crippen LogP contribution in [0.3, 0.4) is 0 Å². The van der Waals surface area contributed by atoms with Crippen molar-refractivity contribution in [3.05, 3.63) is 41.0 Å². The summed E-state index contributed by atoms with van der Waals surface area (Å²) in [7, 11) is 0. The minimum absolute atomic E-state index is 0.132. The molecule has 0 spiro atoms. The molecular formula is C18H19ClN2O4. The molecule has 1 aromatic carbocycles. The highest BCUT2D eigenvalue weighted by molar-refractivity contribution is 6.33. The molecule has 1 aromatic heterocycles. The second-order valence-corrected chi connectivity index (χ2v) is 6.66. The Morgan fingerprint density at radius 3 is 2.92 bits per heavy atom. The van der Waals surface area contributed by atoms with E-state index in [1.54, 1.807) is 23.1 Å². The maximum atomic E-state index is 12.7. The zero-order chi connectivity index (χ0) is 17.8. The number of nitrogens with zero attached hydrogens (tertiary/aromatic N) is 2. The first-order valence-corrected chi connectivity index (χ1v) is 8.65. The molecule has 0 aliphatic carbocycles.